The predicted molar refractivity (Wildman–Crippen MR) is 111 cm³/mol. The summed E-state index contributed by atoms with van der Waals surface area (Å²) in [5.41, 5.74) is 0. The minimum Gasteiger partial charge on any atom is -0.335 e. The molecule has 0 aliphatic heterocycles. The third-order valence-electron chi connectivity index (χ3n) is 3.63. The summed E-state index contributed by atoms with van der Waals surface area (Å²) in [6, 6.07) is 0. The third-order valence-corrected chi connectivity index (χ3v) is 4.09. The molecule has 164 valence electrons. The van der Waals surface area contributed by atoms with Crippen LogP contribution in [0.15, 0.2) is 25.3 Å². The van der Waals surface area contributed by atoms with Crippen molar-refractivity contribution in [1.82, 2.24) is 10.6 Å². The molecule has 0 saturated heterocycles. The molecule has 0 bridgehead atoms. The average molecular weight is 421 g/mol. The number of nitrogens with one attached hydrogen (secondary N) is 2. The molecule has 0 unspecified atom stereocenters. The molecular weight excluding hydrogens is 384 g/mol. The van der Waals surface area contributed by atoms with Crippen molar-refractivity contribution < 1.29 is 26.7 Å². The van der Waals surface area contributed by atoms with Crippen LogP contribution in [0.25, 0.3) is 0 Å². The van der Waals surface area contributed by atoms with Crippen LogP contribution < -0.4 is 10.6 Å². The van der Waals surface area contributed by atoms with Crippen LogP contribution >= 0.6 is 0 Å². The molecule has 0 spiro atoms. The summed E-state index contributed by atoms with van der Waals surface area (Å²) in [7, 11) is -4.23. The molecule has 3 N–H and O–H groups in total. The number of carbonyl (C=O) groups is 2. The highest BCUT2D eigenvalue weighted by Crippen LogP contribution is 2.10. The average Bonchev–Trinajstić information content (AvgIpc) is 2.65. The van der Waals surface area contributed by atoms with Gasteiger partial charge in [-0.1, -0.05) is 77.9 Å². The molecule has 0 aliphatic rings. The van der Waals surface area contributed by atoms with Gasteiger partial charge in [0.1, 0.15) is 0 Å². The highest BCUT2D eigenvalue weighted by atomic mass is 32.3. The number of amides is 2. The number of hydrogen-bond donors (Lipinski definition) is 3. The lowest BCUT2D eigenvalue weighted by molar-refractivity contribution is -0.118. The molecule has 0 aromatic rings. The second-order valence-electron chi connectivity index (χ2n) is 6.10. The Labute approximate surface area is 169 Å². The van der Waals surface area contributed by atoms with Gasteiger partial charge in [-0.15, -0.1) is 0 Å². The summed E-state index contributed by atoms with van der Waals surface area (Å²) in [4.78, 5) is 21.0. The minimum absolute atomic E-state index is 0.0926. The first-order valence-corrected chi connectivity index (χ1v) is 11.1. The number of carbonyl (C=O) groups excluding carboxylic acids is 2. The van der Waals surface area contributed by atoms with Gasteiger partial charge < -0.3 is 10.6 Å². The number of hydrogen-bond acceptors (Lipinski definition) is 5. The maximum Gasteiger partial charge on any atom is 0.397 e. The lowest BCUT2D eigenvalue weighted by atomic mass is 10.1. The van der Waals surface area contributed by atoms with E-state index in [1.807, 2.05) is 0 Å². The van der Waals surface area contributed by atoms with E-state index in [2.05, 4.69) is 34.9 Å². The highest BCUT2D eigenvalue weighted by molar-refractivity contribution is 7.80. The van der Waals surface area contributed by atoms with Crippen LogP contribution in [0.1, 0.15) is 71.1 Å². The Kier molecular flexibility index (Phi) is 20.4. The van der Waals surface area contributed by atoms with E-state index in [9.17, 15) is 18.0 Å². The van der Waals surface area contributed by atoms with E-state index in [0.29, 0.717) is 6.42 Å². The Morgan fingerprint density at radius 3 is 1.61 bits per heavy atom. The van der Waals surface area contributed by atoms with Crippen LogP contribution in [0.4, 0.5) is 0 Å². The number of rotatable bonds is 16. The predicted octanol–water partition coefficient (Wildman–Crippen LogP) is 3.28. The molecule has 0 aliphatic carbocycles. The fraction of sp³-hybridized carbons (Fsp3) is 0.684. The summed E-state index contributed by atoms with van der Waals surface area (Å²) in [6.45, 7) is 8.87. The zero-order valence-electron chi connectivity index (χ0n) is 17.0. The van der Waals surface area contributed by atoms with E-state index >= 15 is 0 Å². The fourth-order valence-electron chi connectivity index (χ4n) is 2.12. The molecule has 0 rings (SSSR count). The van der Waals surface area contributed by atoms with Gasteiger partial charge in [-0.25, -0.2) is 4.18 Å². The molecule has 0 aromatic heterocycles. The zero-order valence-corrected chi connectivity index (χ0v) is 17.8. The van der Waals surface area contributed by atoms with Crippen molar-refractivity contribution in [2.45, 2.75) is 71.1 Å². The topological polar surface area (TPSA) is 122 Å². The highest BCUT2D eigenvalue weighted by Gasteiger charge is 2.02. The normalized spacial score (nSPS) is 10.4. The SMILES string of the molecule is C=CC(=O)NCNC(=O)C=C.CCCCCCCCCCCCOS(=O)(=O)O. The van der Waals surface area contributed by atoms with E-state index < -0.39 is 10.4 Å². The van der Waals surface area contributed by atoms with Crippen LogP contribution in [-0.4, -0.2) is 38.1 Å². The van der Waals surface area contributed by atoms with Crippen molar-refractivity contribution in [2.24, 2.45) is 0 Å². The molecule has 0 atom stereocenters. The fourth-order valence-corrected chi connectivity index (χ4v) is 2.44. The van der Waals surface area contributed by atoms with E-state index in [1.54, 1.807) is 0 Å². The lowest BCUT2D eigenvalue weighted by Gasteiger charge is -2.02. The summed E-state index contributed by atoms with van der Waals surface area (Å²) < 4.78 is 33.0. The van der Waals surface area contributed by atoms with Crippen molar-refractivity contribution in [2.75, 3.05) is 13.3 Å². The Morgan fingerprint density at radius 2 is 1.25 bits per heavy atom. The van der Waals surface area contributed by atoms with Gasteiger partial charge in [0.15, 0.2) is 0 Å². The second kappa shape index (κ2) is 20.0. The molecule has 9 heteroatoms. The van der Waals surface area contributed by atoms with Gasteiger partial charge in [0.25, 0.3) is 0 Å². The van der Waals surface area contributed by atoms with Crippen LogP contribution in [0.2, 0.25) is 0 Å². The molecule has 28 heavy (non-hydrogen) atoms. The quantitative estimate of drug-likeness (QED) is 0.152. The Bertz CT molecular complexity index is 515. The molecule has 2 amide bonds. The first-order valence-electron chi connectivity index (χ1n) is 9.69. The molecule has 0 heterocycles. The standard InChI is InChI=1S/C12H26O4S.C7H10N2O2/c1-2-3-4-5-6-7-8-9-10-11-12-16-17(13,14)15;1-3-6(10)8-5-9-7(11)4-2/h2-12H2,1H3,(H,13,14,15);3-4H,1-2,5H2,(H,8,10)(H,9,11). The van der Waals surface area contributed by atoms with Gasteiger partial charge in [0.2, 0.25) is 11.8 Å². The zero-order chi connectivity index (χ0) is 21.7. The maximum absolute atomic E-state index is 10.5. The molecule has 0 fully saturated rings. The van der Waals surface area contributed by atoms with Gasteiger partial charge in [0.05, 0.1) is 13.3 Å². The van der Waals surface area contributed by atoms with Gasteiger partial charge in [-0.3, -0.25) is 14.1 Å². The summed E-state index contributed by atoms with van der Waals surface area (Å²) in [5, 5.41) is 4.72. The van der Waals surface area contributed by atoms with Gasteiger partial charge in [0, 0.05) is 0 Å². The van der Waals surface area contributed by atoms with Crippen LogP contribution in [0, 0.1) is 0 Å². The first kappa shape index (κ1) is 28.5. The van der Waals surface area contributed by atoms with Gasteiger partial charge >= 0.3 is 10.4 Å². The van der Waals surface area contributed by atoms with Gasteiger partial charge in [-0.05, 0) is 18.6 Å². The van der Waals surface area contributed by atoms with E-state index in [4.69, 9.17) is 4.55 Å². The smallest absolute Gasteiger partial charge is 0.335 e. The monoisotopic (exact) mass is 420 g/mol. The van der Waals surface area contributed by atoms with Crippen molar-refractivity contribution in [3.63, 3.8) is 0 Å². The molecule has 0 radical (unpaired) electrons. The maximum atomic E-state index is 10.5. The number of unbranched alkanes of at least 4 members (excludes halogenated alkanes) is 9. The molecule has 0 aromatic carbocycles. The van der Waals surface area contributed by atoms with Crippen molar-refractivity contribution in [3.8, 4) is 0 Å². The minimum atomic E-state index is -4.23. The summed E-state index contributed by atoms with van der Waals surface area (Å²) in [5.74, 6) is -0.649. The van der Waals surface area contributed by atoms with Crippen molar-refractivity contribution >= 4 is 22.2 Å². The Balaban J connectivity index is 0. The van der Waals surface area contributed by atoms with E-state index in [0.717, 1.165) is 25.0 Å². The van der Waals surface area contributed by atoms with Crippen LogP contribution in [0.5, 0.6) is 0 Å². The van der Waals surface area contributed by atoms with E-state index in [-0.39, 0.29) is 25.1 Å². The Morgan fingerprint density at radius 1 is 0.857 bits per heavy atom. The molecular formula is C19H36N2O6S. The first-order chi connectivity index (χ1) is 13.3. The third kappa shape index (κ3) is 26.5. The van der Waals surface area contributed by atoms with E-state index in [1.165, 1.54) is 44.9 Å². The summed E-state index contributed by atoms with van der Waals surface area (Å²) in [6.07, 6.45) is 14.1. The lowest BCUT2D eigenvalue weighted by Crippen LogP contribution is -2.35. The van der Waals surface area contributed by atoms with Crippen LogP contribution in [0.3, 0.4) is 0 Å². The van der Waals surface area contributed by atoms with Gasteiger partial charge in [-0.2, -0.15) is 8.42 Å². The summed E-state index contributed by atoms with van der Waals surface area (Å²) >= 11 is 0. The molecule has 8 nitrogen and oxygen atoms in total. The van der Waals surface area contributed by atoms with Crippen molar-refractivity contribution in [3.05, 3.63) is 25.3 Å². The van der Waals surface area contributed by atoms with Crippen molar-refractivity contribution in [1.29, 1.82) is 0 Å². The van der Waals surface area contributed by atoms with Crippen LogP contribution in [-0.2, 0) is 24.2 Å². The Hall–Kier alpha value is -1.71. The second-order valence-corrected chi connectivity index (χ2v) is 7.19. The molecule has 0 saturated carbocycles. The largest absolute Gasteiger partial charge is 0.397 e.